The highest BCUT2D eigenvalue weighted by Crippen LogP contribution is 2.38. The highest BCUT2D eigenvalue weighted by atomic mass is 32.1. The molecule has 5 aromatic rings. The summed E-state index contributed by atoms with van der Waals surface area (Å²) in [5.41, 5.74) is 3.61. The van der Waals surface area contributed by atoms with Crippen molar-refractivity contribution in [3.05, 3.63) is 113 Å². The number of fused-ring (bicyclic) bond motifs is 1. The molecule has 0 atom stereocenters. The molecule has 2 heterocycles. The second-order valence-electron chi connectivity index (χ2n) is 6.92. The van der Waals surface area contributed by atoms with Crippen LogP contribution in [0.4, 0.5) is 11.7 Å². The maximum Gasteiger partial charge on any atom is 0.349 e. The van der Waals surface area contributed by atoms with Gasteiger partial charge in [0.05, 0.1) is 0 Å². The minimum Gasteiger partial charge on any atom is -0.388 e. The third-order valence-electron chi connectivity index (χ3n) is 4.87. The van der Waals surface area contributed by atoms with Crippen LogP contribution in [0.2, 0.25) is 0 Å². The molecule has 0 aliphatic carbocycles. The zero-order valence-electron chi connectivity index (χ0n) is 16.0. The summed E-state index contributed by atoms with van der Waals surface area (Å²) >= 11 is 1.52. The van der Waals surface area contributed by atoms with Crippen molar-refractivity contribution < 1.29 is 4.42 Å². The molecule has 30 heavy (non-hydrogen) atoms. The van der Waals surface area contributed by atoms with Crippen molar-refractivity contribution in [1.29, 1.82) is 0 Å². The van der Waals surface area contributed by atoms with Gasteiger partial charge in [-0.25, -0.2) is 4.79 Å². The largest absolute Gasteiger partial charge is 0.388 e. The van der Waals surface area contributed by atoms with E-state index in [1.165, 1.54) is 11.3 Å². The van der Waals surface area contributed by atoms with Gasteiger partial charge in [0.1, 0.15) is 10.2 Å². The number of hydrogen-bond acceptors (Lipinski definition) is 5. The van der Waals surface area contributed by atoms with E-state index in [1.54, 1.807) is 0 Å². The number of para-hydroxylation sites is 1. The summed E-state index contributed by atoms with van der Waals surface area (Å²) in [6.07, 6.45) is 0.642. The molecule has 0 aliphatic rings. The molecule has 0 saturated heterocycles. The van der Waals surface area contributed by atoms with Crippen LogP contribution in [0.25, 0.3) is 20.7 Å². The predicted octanol–water partition coefficient (Wildman–Crippen LogP) is 6.25. The Morgan fingerprint density at radius 1 is 0.833 bits per heavy atom. The summed E-state index contributed by atoms with van der Waals surface area (Å²) in [6, 6.07) is 30.0. The Bertz CT molecular complexity index is 1340. The summed E-state index contributed by atoms with van der Waals surface area (Å²) in [6.45, 7) is 0. The van der Waals surface area contributed by atoms with Crippen LogP contribution in [0.3, 0.4) is 0 Å². The van der Waals surface area contributed by atoms with Crippen LogP contribution >= 0.6 is 11.3 Å². The number of hydrogen-bond donors (Lipinski definition) is 1. The van der Waals surface area contributed by atoms with Crippen LogP contribution in [0, 0.1) is 0 Å². The Morgan fingerprint density at radius 2 is 1.47 bits per heavy atom. The van der Waals surface area contributed by atoms with E-state index in [2.05, 4.69) is 34.6 Å². The molecular weight excluding hydrogens is 392 g/mol. The van der Waals surface area contributed by atoms with E-state index in [4.69, 9.17) is 4.42 Å². The van der Waals surface area contributed by atoms with Gasteiger partial charge in [0.15, 0.2) is 0 Å². The third kappa shape index (κ3) is 3.63. The lowest BCUT2D eigenvalue weighted by Crippen LogP contribution is -2.06. The molecular formula is C25H18N2O2S. The molecule has 0 aliphatic heterocycles. The van der Waals surface area contributed by atoms with Crippen molar-refractivity contribution in [2.45, 2.75) is 6.42 Å². The molecule has 4 nitrogen and oxygen atoms in total. The maximum atomic E-state index is 13.0. The number of nitrogens with zero attached hydrogens (tertiary/aromatic N) is 1. The number of rotatable bonds is 5. The maximum absolute atomic E-state index is 13.0. The second kappa shape index (κ2) is 7.97. The second-order valence-corrected chi connectivity index (χ2v) is 7.91. The minimum atomic E-state index is -0.372. The van der Waals surface area contributed by atoms with E-state index < -0.39 is 0 Å². The quantitative estimate of drug-likeness (QED) is 0.372. The van der Waals surface area contributed by atoms with E-state index in [-0.39, 0.29) is 11.6 Å². The zero-order valence-corrected chi connectivity index (χ0v) is 16.9. The normalized spacial score (nSPS) is 10.9. The fourth-order valence-corrected chi connectivity index (χ4v) is 4.67. The van der Waals surface area contributed by atoms with Crippen molar-refractivity contribution in [1.82, 2.24) is 4.98 Å². The van der Waals surface area contributed by atoms with Crippen molar-refractivity contribution in [3.63, 3.8) is 0 Å². The third-order valence-corrected chi connectivity index (χ3v) is 6.04. The van der Waals surface area contributed by atoms with E-state index in [9.17, 15) is 4.79 Å². The topological polar surface area (TPSA) is 55.1 Å². The molecule has 0 spiro atoms. The molecule has 0 unspecified atom stereocenters. The zero-order chi connectivity index (χ0) is 20.3. The minimum absolute atomic E-state index is 0.200. The van der Waals surface area contributed by atoms with Gasteiger partial charge >= 0.3 is 11.6 Å². The number of thiophene rings is 1. The molecule has 0 bridgehead atoms. The van der Waals surface area contributed by atoms with Crippen LogP contribution in [0.5, 0.6) is 0 Å². The van der Waals surface area contributed by atoms with Crippen LogP contribution in [-0.4, -0.2) is 4.98 Å². The average Bonchev–Trinajstić information content (AvgIpc) is 3.14. The summed E-state index contributed by atoms with van der Waals surface area (Å²) in [5, 5.41) is 3.64. The van der Waals surface area contributed by atoms with Crippen molar-refractivity contribution in [2.75, 3.05) is 5.32 Å². The number of nitrogens with one attached hydrogen (secondary N) is 1. The molecule has 5 heteroatoms. The van der Waals surface area contributed by atoms with Gasteiger partial charge in [-0.05, 0) is 35.2 Å². The Morgan fingerprint density at radius 3 is 2.17 bits per heavy atom. The summed E-state index contributed by atoms with van der Waals surface area (Å²) in [7, 11) is 0. The van der Waals surface area contributed by atoms with E-state index >= 15 is 0 Å². The Kier molecular flexibility index (Phi) is 4.87. The van der Waals surface area contributed by atoms with E-state index in [1.807, 2.05) is 66.7 Å². The first-order valence-corrected chi connectivity index (χ1v) is 10.5. The van der Waals surface area contributed by atoms with Crippen LogP contribution in [0.15, 0.2) is 100 Å². The standard InChI is InChI=1S/C25H18N2O2S/c28-24-21-20(16-17-10-4-1-5-11-17)22(18-12-6-2-7-13-18)30-23(21)27-25(29-24)26-19-14-8-3-9-15-19/h1-15H,16H2,(H,26,27). The fraction of sp³-hybridized carbons (Fsp3) is 0.0400. The SMILES string of the molecule is O=c1oc(Nc2ccccc2)nc2sc(-c3ccccc3)c(Cc3ccccc3)c12. The Labute approximate surface area is 177 Å². The van der Waals surface area contributed by atoms with Crippen LogP contribution in [0.1, 0.15) is 11.1 Å². The number of aromatic nitrogens is 1. The molecule has 1 N–H and O–H groups in total. The molecule has 0 radical (unpaired) electrons. The molecule has 0 fully saturated rings. The first-order chi connectivity index (χ1) is 14.8. The molecule has 5 rings (SSSR count). The summed E-state index contributed by atoms with van der Waals surface area (Å²) in [5.74, 6) is 0. The summed E-state index contributed by atoms with van der Waals surface area (Å²) in [4.78, 5) is 19.3. The van der Waals surface area contributed by atoms with Gasteiger partial charge in [0, 0.05) is 10.6 Å². The van der Waals surface area contributed by atoms with Gasteiger partial charge in [0.2, 0.25) is 0 Å². The lowest BCUT2D eigenvalue weighted by molar-refractivity contribution is 0.522. The highest BCUT2D eigenvalue weighted by molar-refractivity contribution is 7.22. The highest BCUT2D eigenvalue weighted by Gasteiger charge is 2.20. The van der Waals surface area contributed by atoms with Crippen LogP contribution < -0.4 is 10.9 Å². The lowest BCUT2D eigenvalue weighted by Gasteiger charge is -2.06. The molecule has 0 saturated carbocycles. The van der Waals surface area contributed by atoms with Gasteiger partial charge in [-0.2, -0.15) is 4.98 Å². The predicted molar refractivity (Wildman–Crippen MR) is 123 cm³/mol. The first kappa shape index (κ1) is 18.3. The Hall–Kier alpha value is -3.70. The molecule has 146 valence electrons. The Balaban J connectivity index is 1.66. The fourth-order valence-electron chi connectivity index (χ4n) is 3.48. The van der Waals surface area contributed by atoms with Gasteiger partial charge < -0.3 is 9.73 Å². The smallest absolute Gasteiger partial charge is 0.349 e. The molecule has 3 aromatic carbocycles. The van der Waals surface area contributed by atoms with Gasteiger partial charge in [0.25, 0.3) is 0 Å². The lowest BCUT2D eigenvalue weighted by atomic mass is 10.0. The van der Waals surface area contributed by atoms with Gasteiger partial charge in [-0.1, -0.05) is 78.9 Å². The van der Waals surface area contributed by atoms with Crippen LogP contribution in [-0.2, 0) is 6.42 Å². The number of anilines is 2. The average molecular weight is 410 g/mol. The van der Waals surface area contributed by atoms with Crippen molar-refractivity contribution >= 4 is 33.3 Å². The van der Waals surface area contributed by atoms with E-state index in [0.717, 1.165) is 27.3 Å². The van der Waals surface area contributed by atoms with Gasteiger partial charge in [-0.3, -0.25) is 0 Å². The van der Waals surface area contributed by atoms with E-state index in [0.29, 0.717) is 16.6 Å². The molecule has 0 amide bonds. The number of benzene rings is 3. The monoisotopic (exact) mass is 410 g/mol. The molecule has 2 aromatic heterocycles. The summed E-state index contributed by atoms with van der Waals surface area (Å²) < 4.78 is 5.55. The first-order valence-electron chi connectivity index (χ1n) is 9.66. The van der Waals surface area contributed by atoms with Crippen molar-refractivity contribution in [2.24, 2.45) is 0 Å². The van der Waals surface area contributed by atoms with Crippen molar-refractivity contribution in [3.8, 4) is 10.4 Å². The van der Waals surface area contributed by atoms with Gasteiger partial charge in [-0.15, -0.1) is 11.3 Å².